The van der Waals surface area contributed by atoms with Crippen molar-refractivity contribution in [3.8, 4) is 23.0 Å². The number of hydrogen-bond acceptors (Lipinski definition) is 7. The molecule has 1 aromatic carbocycles. The summed E-state index contributed by atoms with van der Waals surface area (Å²) in [4.78, 5) is 0. The summed E-state index contributed by atoms with van der Waals surface area (Å²) in [5.41, 5.74) is 0.831. The summed E-state index contributed by atoms with van der Waals surface area (Å²) >= 11 is 1.55. The van der Waals surface area contributed by atoms with Crippen LogP contribution in [-0.4, -0.2) is 35.5 Å². The number of rotatable bonds is 4. The van der Waals surface area contributed by atoms with Gasteiger partial charge >= 0.3 is 0 Å². The third-order valence-corrected chi connectivity index (χ3v) is 4.64. The van der Waals surface area contributed by atoms with Gasteiger partial charge in [0.15, 0.2) is 11.5 Å². The summed E-state index contributed by atoms with van der Waals surface area (Å²) in [5.74, 6) is 2.79. The molecule has 6 nitrogen and oxygen atoms in total. The molecular weight excluding hydrogens is 304 g/mol. The number of fused-ring (bicyclic) bond motifs is 1. The molecular formula is C15H16N2O4S. The first-order valence-corrected chi connectivity index (χ1v) is 8.35. The Kier molecular flexibility index (Phi) is 3.90. The van der Waals surface area contributed by atoms with Crippen molar-refractivity contribution in [1.82, 2.24) is 10.2 Å². The fraction of sp³-hybridized carbons (Fsp3) is 0.467. The van der Waals surface area contributed by atoms with Crippen LogP contribution in [0.2, 0.25) is 0 Å². The molecule has 22 heavy (non-hydrogen) atoms. The highest BCUT2D eigenvalue weighted by Gasteiger charge is 2.18. The van der Waals surface area contributed by atoms with Gasteiger partial charge in [-0.1, -0.05) is 11.8 Å². The lowest BCUT2D eigenvalue weighted by Gasteiger charge is -2.21. The molecule has 4 rings (SSSR count). The Morgan fingerprint density at radius 2 is 2.09 bits per heavy atom. The monoisotopic (exact) mass is 320 g/mol. The van der Waals surface area contributed by atoms with Gasteiger partial charge in [-0.2, -0.15) is 0 Å². The molecule has 116 valence electrons. The highest BCUT2D eigenvalue weighted by Crippen LogP contribution is 2.36. The first kappa shape index (κ1) is 13.9. The number of hydrogen-bond donors (Lipinski definition) is 0. The van der Waals surface area contributed by atoms with Gasteiger partial charge in [-0.3, -0.25) is 0 Å². The minimum absolute atomic E-state index is 0.255. The fourth-order valence-electron chi connectivity index (χ4n) is 2.52. The normalized spacial score (nSPS) is 20.3. The van der Waals surface area contributed by atoms with Crippen molar-refractivity contribution in [3.63, 3.8) is 0 Å². The van der Waals surface area contributed by atoms with Crippen LogP contribution < -0.4 is 9.47 Å². The molecule has 2 aliphatic heterocycles. The standard InChI is InChI=1S/C15H16N2O4S/c1-2-6-18-11(3-1)8-22-15-17-16-14(21-15)10-4-5-12-13(7-10)20-9-19-12/h4-5,7,11H,1-3,6,8-9H2/t11-/m0/s1. The average Bonchev–Trinajstić information content (AvgIpc) is 3.22. The summed E-state index contributed by atoms with van der Waals surface area (Å²) in [5, 5.41) is 8.76. The summed E-state index contributed by atoms with van der Waals surface area (Å²) in [6.45, 7) is 1.11. The van der Waals surface area contributed by atoms with E-state index in [1.807, 2.05) is 18.2 Å². The molecule has 0 unspecified atom stereocenters. The van der Waals surface area contributed by atoms with Crippen LogP contribution in [-0.2, 0) is 4.74 Å². The largest absolute Gasteiger partial charge is 0.454 e. The maximum Gasteiger partial charge on any atom is 0.276 e. The van der Waals surface area contributed by atoms with E-state index in [-0.39, 0.29) is 6.79 Å². The van der Waals surface area contributed by atoms with Crippen molar-refractivity contribution in [1.29, 1.82) is 0 Å². The highest BCUT2D eigenvalue weighted by atomic mass is 32.2. The Morgan fingerprint density at radius 3 is 3.00 bits per heavy atom. The van der Waals surface area contributed by atoms with E-state index < -0.39 is 0 Å². The van der Waals surface area contributed by atoms with E-state index >= 15 is 0 Å². The third-order valence-electron chi connectivity index (χ3n) is 3.69. The minimum atomic E-state index is 0.255. The van der Waals surface area contributed by atoms with Crippen LogP contribution in [0.5, 0.6) is 11.5 Å². The van der Waals surface area contributed by atoms with E-state index in [0.29, 0.717) is 23.0 Å². The lowest BCUT2D eigenvalue weighted by molar-refractivity contribution is 0.0314. The first-order chi connectivity index (χ1) is 10.9. The van der Waals surface area contributed by atoms with E-state index in [2.05, 4.69) is 10.2 Å². The maximum absolute atomic E-state index is 5.71. The highest BCUT2D eigenvalue weighted by molar-refractivity contribution is 7.99. The van der Waals surface area contributed by atoms with Crippen molar-refractivity contribution in [2.75, 3.05) is 19.2 Å². The van der Waals surface area contributed by atoms with Crippen LogP contribution in [0.4, 0.5) is 0 Å². The van der Waals surface area contributed by atoms with Crippen LogP contribution in [0.3, 0.4) is 0 Å². The molecule has 0 amide bonds. The Labute approximate surface area is 132 Å². The van der Waals surface area contributed by atoms with Crippen LogP contribution in [0.1, 0.15) is 19.3 Å². The smallest absolute Gasteiger partial charge is 0.276 e. The second-order valence-corrected chi connectivity index (χ2v) is 6.21. The summed E-state index contributed by atoms with van der Waals surface area (Å²) < 4.78 is 22.1. The maximum atomic E-state index is 5.71. The number of nitrogens with zero attached hydrogens (tertiary/aromatic N) is 2. The van der Waals surface area contributed by atoms with Gasteiger partial charge in [0.1, 0.15) is 0 Å². The molecule has 1 atom stereocenters. The molecule has 1 saturated heterocycles. The molecule has 0 N–H and O–H groups in total. The third kappa shape index (κ3) is 2.91. The lowest BCUT2D eigenvalue weighted by Crippen LogP contribution is -2.21. The molecule has 1 fully saturated rings. The van der Waals surface area contributed by atoms with Crippen LogP contribution >= 0.6 is 11.8 Å². The van der Waals surface area contributed by atoms with E-state index in [0.717, 1.165) is 36.5 Å². The molecule has 0 saturated carbocycles. The van der Waals surface area contributed by atoms with Crippen molar-refractivity contribution in [2.45, 2.75) is 30.6 Å². The Bertz CT molecular complexity index is 655. The zero-order chi connectivity index (χ0) is 14.8. The fourth-order valence-corrected chi connectivity index (χ4v) is 3.35. The van der Waals surface area contributed by atoms with Crippen LogP contribution in [0, 0.1) is 0 Å². The number of thioether (sulfide) groups is 1. The molecule has 0 spiro atoms. The topological polar surface area (TPSA) is 66.6 Å². The molecule has 0 radical (unpaired) electrons. The quantitative estimate of drug-likeness (QED) is 0.802. The van der Waals surface area contributed by atoms with Gasteiger partial charge in [0.25, 0.3) is 5.22 Å². The second kappa shape index (κ2) is 6.18. The minimum Gasteiger partial charge on any atom is -0.454 e. The lowest BCUT2D eigenvalue weighted by atomic mass is 10.1. The zero-order valence-corrected chi connectivity index (χ0v) is 12.8. The molecule has 3 heterocycles. The molecule has 2 aliphatic rings. The Hall–Kier alpha value is -1.73. The van der Waals surface area contributed by atoms with Gasteiger partial charge < -0.3 is 18.6 Å². The predicted octanol–water partition coefficient (Wildman–Crippen LogP) is 3.13. The molecule has 7 heteroatoms. The summed E-state index contributed by atoms with van der Waals surface area (Å²) in [6.07, 6.45) is 3.79. The molecule has 2 aromatic rings. The van der Waals surface area contributed by atoms with Gasteiger partial charge in [0.2, 0.25) is 12.7 Å². The first-order valence-electron chi connectivity index (χ1n) is 7.36. The van der Waals surface area contributed by atoms with Crippen molar-refractivity contribution < 1.29 is 18.6 Å². The second-order valence-electron chi connectivity index (χ2n) is 5.24. The SMILES string of the molecule is c1cc2c(cc1-c1nnc(SC[C@@H]3CCCCO3)o1)OCO2. The van der Waals surface area contributed by atoms with Crippen molar-refractivity contribution >= 4 is 11.8 Å². The number of aromatic nitrogens is 2. The van der Waals surface area contributed by atoms with Crippen molar-refractivity contribution in [2.24, 2.45) is 0 Å². The Balaban J connectivity index is 1.42. The van der Waals surface area contributed by atoms with Crippen LogP contribution in [0.25, 0.3) is 11.5 Å². The molecule has 0 aliphatic carbocycles. The summed E-state index contributed by atoms with van der Waals surface area (Å²) in [7, 11) is 0. The van der Waals surface area contributed by atoms with Crippen molar-refractivity contribution in [3.05, 3.63) is 18.2 Å². The predicted molar refractivity (Wildman–Crippen MR) is 80.2 cm³/mol. The number of benzene rings is 1. The number of ether oxygens (including phenoxy) is 3. The zero-order valence-electron chi connectivity index (χ0n) is 12.0. The molecule has 0 bridgehead atoms. The van der Waals surface area contributed by atoms with Gasteiger partial charge in [-0.15, -0.1) is 10.2 Å². The van der Waals surface area contributed by atoms with Gasteiger partial charge in [0, 0.05) is 17.9 Å². The average molecular weight is 320 g/mol. The van der Waals surface area contributed by atoms with Gasteiger partial charge in [0.05, 0.1) is 6.10 Å². The van der Waals surface area contributed by atoms with E-state index in [1.54, 1.807) is 11.8 Å². The van der Waals surface area contributed by atoms with E-state index in [4.69, 9.17) is 18.6 Å². The van der Waals surface area contributed by atoms with Crippen LogP contribution in [0.15, 0.2) is 27.8 Å². The summed E-state index contributed by atoms with van der Waals surface area (Å²) in [6, 6.07) is 5.60. The van der Waals surface area contributed by atoms with Gasteiger partial charge in [-0.05, 0) is 37.5 Å². The van der Waals surface area contributed by atoms with E-state index in [9.17, 15) is 0 Å². The Morgan fingerprint density at radius 1 is 1.14 bits per heavy atom. The molecule has 1 aromatic heterocycles. The van der Waals surface area contributed by atoms with E-state index in [1.165, 1.54) is 6.42 Å². The van der Waals surface area contributed by atoms with Gasteiger partial charge in [-0.25, -0.2) is 0 Å².